The molecule has 146 valence electrons. The van der Waals surface area contributed by atoms with Crippen LogP contribution in [-0.2, 0) is 0 Å². The van der Waals surface area contributed by atoms with Gasteiger partial charge in [-0.15, -0.1) is 0 Å². The van der Waals surface area contributed by atoms with E-state index in [1.165, 1.54) is 0 Å². The van der Waals surface area contributed by atoms with Gasteiger partial charge in [0.05, 0.1) is 34.5 Å². The number of benzene rings is 2. The Morgan fingerprint density at radius 1 is 0.667 bits per heavy atom. The van der Waals surface area contributed by atoms with Crippen LogP contribution >= 0.6 is 0 Å². The van der Waals surface area contributed by atoms with Gasteiger partial charge in [-0.2, -0.15) is 0 Å². The van der Waals surface area contributed by atoms with Crippen LogP contribution in [0.3, 0.4) is 0 Å². The molecule has 5 nitrogen and oxygen atoms in total. The summed E-state index contributed by atoms with van der Waals surface area (Å²) in [5.74, 6) is 3.10. The molecule has 4 unspecified atom stereocenters. The van der Waals surface area contributed by atoms with Crippen molar-refractivity contribution in [1.82, 2.24) is 0 Å². The minimum Gasteiger partial charge on any atom is -0.493 e. The standard InChI is InChI=1S/C22H28O5/c1-12-13(2)22(23)16-11-20(27-6)19(26-5)10-15(16)21(12)14-7-8-17(24-3)18(9-14)25-4/h7-13,21-23H,1-6H3. The zero-order valence-corrected chi connectivity index (χ0v) is 16.8. The van der Waals surface area contributed by atoms with Gasteiger partial charge < -0.3 is 24.1 Å². The van der Waals surface area contributed by atoms with Crippen molar-refractivity contribution in [3.8, 4) is 23.0 Å². The lowest BCUT2D eigenvalue weighted by Gasteiger charge is -2.40. The fraction of sp³-hybridized carbons (Fsp3) is 0.455. The molecule has 0 spiro atoms. The Labute approximate surface area is 160 Å². The van der Waals surface area contributed by atoms with Crippen LogP contribution in [0.1, 0.15) is 42.6 Å². The Morgan fingerprint density at radius 2 is 1.19 bits per heavy atom. The molecule has 0 heterocycles. The number of rotatable bonds is 5. The molecular weight excluding hydrogens is 344 g/mol. The van der Waals surface area contributed by atoms with Crippen LogP contribution in [0.15, 0.2) is 30.3 Å². The fourth-order valence-corrected chi connectivity index (χ4v) is 4.12. The van der Waals surface area contributed by atoms with E-state index < -0.39 is 6.10 Å². The molecule has 3 rings (SSSR count). The third-order valence-corrected chi connectivity index (χ3v) is 5.86. The Morgan fingerprint density at radius 3 is 1.74 bits per heavy atom. The smallest absolute Gasteiger partial charge is 0.161 e. The van der Waals surface area contributed by atoms with Gasteiger partial charge in [-0.3, -0.25) is 0 Å². The molecule has 4 atom stereocenters. The van der Waals surface area contributed by atoms with Crippen molar-refractivity contribution < 1.29 is 24.1 Å². The first-order chi connectivity index (χ1) is 13.0. The van der Waals surface area contributed by atoms with Crippen molar-refractivity contribution in [1.29, 1.82) is 0 Å². The predicted molar refractivity (Wildman–Crippen MR) is 104 cm³/mol. The first kappa shape index (κ1) is 19.4. The van der Waals surface area contributed by atoms with Crippen LogP contribution in [0.25, 0.3) is 0 Å². The Hall–Kier alpha value is -2.40. The highest BCUT2D eigenvalue weighted by atomic mass is 16.5. The summed E-state index contributed by atoms with van der Waals surface area (Å²) in [5.41, 5.74) is 3.06. The van der Waals surface area contributed by atoms with Crippen LogP contribution < -0.4 is 18.9 Å². The average Bonchev–Trinajstić information content (AvgIpc) is 2.71. The minimum atomic E-state index is -0.550. The molecule has 0 fully saturated rings. The summed E-state index contributed by atoms with van der Waals surface area (Å²) in [7, 11) is 6.50. The van der Waals surface area contributed by atoms with Gasteiger partial charge >= 0.3 is 0 Å². The van der Waals surface area contributed by atoms with Gasteiger partial charge in [0, 0.05) is 5.92 Å². The Balaban J connectivity index is 2.20. The third-order valence-electron chi connectivity index (χ3n) is 5.86. The van der Waals surface area contributed by atoms with E-state index in [9.17, 15) is 5.11 Å². The highest BCUT2D eigenvalue weighted by Gasteiger charge is 2.39. The highest BCUT2D eigenvalue weighted by molar-refractivity contribution is 5.54. The predicted octanol–water partition coefficient (Wildman–Crippen LogP) is 4.17. The molecule has 1 aliphatic rings. The first-order valence-corrected chi connectivity index (χ1v) is 9.12. The summed E-state index contributed by atoms with van der Waals surface area (Å²) in [6.45, 7) is 4.26. The number of fused-ring (bicyclic) bond motifs is 1. The molecule has 27 heavy (non-hydrogen) atoms. The molecule has 0 radical (unpaired) electrons. The number of aliphatic hydroxyl groups is 1. The van der Waals surface area contributed by atoms with Crippen molar-refractivity contribution in [2.45, 2.75) is 25.9 Å². The molecule has 0 aliphatic heterocycles. The van der Waals surface area contributed by atoms with E-state index >= 15 is 0 Å². The second-order valence-electron chi connectivity index (χ2n) is 7.09. The molecule has 2 aromatic carbocycles. The van der Waals surface area contributed by atoms with Crippen LogP contribution in [-0.4, -0.2) is 33.5 Å². The van der Waals surface area contributed by atoms with Crippen molar-refractivity contribution in [3.63, 3.8) is 0 Å². The molecule has 0 amide bonds. The molecule has 0 saturated heterocycles. The second kappa shape index (κ2) is 7.69. The van der Waals surface area contributed by atoms with E-state index in [0.29, 0.717) is 23.0 Å². The first-order valence-electron chi connectivity index (χ1n) is 9.12. The average molecular weight is 372 g/mol. The van der Waals surface area contributed by atoms with Gasteiger partial charge in [0.2, 0.25) is 0 Å². The van der Waals surface area contributed by atoms with Crippen LogP contribution in [0.5, 0.6) is 23.0 Å². The lowest BCUT2D eigenvalue weighted by atomic mass is 9.66. The lowest BCUT2D eigenvalue weighted by molar-refractivity contribution is 0.0684. The number of ether oxygens (including phenoxy) is 4. The largest absolute Gasteiger partial charge is 0.493 e. The van der Waals surface area contributed by atoms with Crippen molar-refractivity contribution in [2.75, 3.05) is 28.4 Å². The van der Waals surface area contributed by atoms with Gasteiger partial charge in [-0.25, -0.2) is 0 Å². The van der Waals surface area contributed by atoms with Crippen molar-refractivity contribution in [2.24, 2.45) is 11.8 Å². The second-order valence-corrected chi connectivity index (χ2v) is 7.09. The molecule has 1 aliphatic carbocycles. The Bertz CT molecular complexity index is 817. The monoisotopic (exact) mass is 372 g/mol. The maximum Gasteiger partial charge on any atom is 0.161 e. The van der Waals surface area contributed by atoms with Crippen molar-refractivity contribution >= 4 is 0 Å². The summed E-state index contributed by atoms with van der Waals surface area (Å²) in [6.07, 6.45) is -0.550. The van der Waals surface area contributed by atoms with Crippen molar-refractivity contribution in [3.05, 3.63) is 47.0 Å². The van der Waals surface area contributed by atoms with Crippen LogP contribution in [0, 0.1) is 11.8 Å². The highest BCUT2D eigenvalue weighted by Crippen LogP contribution is 2.51. The topological polar surface area (TPSA) is 57.2 Å². The molecule has 0 aromatic heterocycles. The molecule has 0 bridgehead atoms. The summed E-state index contributed by atoms with van der Waals surface area (Å²) in [5, 5.41) is 10.9. The normalized spacial score (nSPS) is 24.1. The summed E-state index contributed by atoms with van der Waals surface area (Å²) < 4.78 is 21.8. The van der Waals surface area contributed by atoms with Gasteiger partial charge in [-0.05, 0) is 52.8 Å². The third kappa shape index (κ3) is 3.21. The molecule has 0 saturated carbocycles. The minimum absolute atomic E-state index is 0.0914. The maximum absolute atomic E-state index is 10.9. The number of hydrogen-bond donors (Lipinski definition) is 1. The molecular formula is C22H28O5. The van der Waals surface area contributed by atoms with E-state index in [4.69, 9.17) is 18.9 Å². The van der Waals surface area contributed by atoms with E-state index in [2.05, 4.69) is 19.9 Å². The number of hydrogen-bond acceptors (Lipinski definition) is 5. The molecule has 5 heteroatoms. The fourth-order valence-electron chi connectivity index (χ4n) is 4.12. The van der Waals surface area contributed by atoms with Crippen LogP contribution in [0.2, 0.25) is 0 Å². The van der Waals surface area contributed by atoms with E-state index in [1.54, 1.807) is 28.4 Å². The summed E-state index contributed by atoms with van der Waals surface area (Å²) in [4.78, 5) is 0. The SMILES string of the molecule is COc1ccc(C2c3cc(OC)c(OC)cc3C(O)C(C)C2C)cc1OC. The van der Waals surface area contributed by atoms with Gasteiger partial charge in [0.1, 0.15) is 0 Å². The van der Waals surface area contributed by atoms with Gasteiger partial charge in [0.15, 0.2) is 23.0 Å². The van der Waals surface area contributed by atoms with E-state index in [0.717, 1.165) is 16.7 Å². The maximum atomic E-state index is 10.9. The summed E-state index contributed by atoms with van der Waals surface area (Å²) in [6, 6.07) is 9.89. The van der Waals surface area contributed by atoms with Crippen LogP contribution in [0.4, 0.5) is 0 Å². The Kier molecular flexibility index (Phi) is 5.51. The number of aliphatic hydroxyl groups excluding tert-OH is 1. The summed E-state index contributed by atoms with van der Waals surface area (Å²) >= 11 is 0. The van der Waals surface area contributed by atoms with Gasteiger partial charge in [-0.1, -0.05) is 19.9 Å². The lowest BCUT2D eigenvalue weighted by Crippen LogP contribution is -2.30. The molecule has 2 aromatic rings. The van der Waals surface area contributed by atoms with Gasteiger partial charge in [0.25, 0.3) is 0 Å². The quantitative estimate of drug-likeness (QED) is 0.854. The van der Waals surface area contributed by atoms with E-state index in [1.807, 2.05) is 24.3 Å². The zero-order chi connectivity index (χ0) is 19.7. The zero-order valence-electron chi connectivity index (χ0n) is 16.8. The molecule has 1 N–H and O–H groups in total. The van der Waals surface area contributed by atoms with E-state index in [-0.39, 0.29) is 17.8 Å². The number of methoxy groups -OCH3 is 4.